The summed E-state index contributed by atoms with van der Waals surface area (Å²) in [6, 6.07) is 9.47. The molecule has 0 saturated heterocycles. The standard InChI is InChI=1S/C17H28N2S/c1-4-14(3)16-13-19(10-11-20-5-2)17-9-7-6-8-15(17)12-18-16/h6-9,14,16,18H,4-5,10-13H2,1-3H3. The highest BCUT2D eigenvalue weighted by molar-refractivity contribution is 7.99. The number of nitrogens with one attached hydrogen (secondary N) is 1. The van der Waals surface area contributed by atoms with Gasteiger partial charge in [0.25, 0.3) is 0 Å². The Labute approximate surface area is 128 Å². The highest BCUT2D eigenvalue weighted by atomic mass is 32.2. The van der Waals surface area contributed by atoms with Crippen LogP contribution in [0.5, 0.6) is 0 Å². The first kappa shape index (κ1) is 15.7. The summed E-state index contributed by atoms with van der Waals surface area (Å²) in [4.78, 5) is 2.59. The smallest absolute Gasteiger partial charge is 0.0412 e. The minimum Gasteiger partial charge on any atom is -0.369 e. The predicted octanol–water partition coefficient (Wildman–Crippen LogP) is 3.76. The largest absolute Gasteiger partial charge is 0.369 e. The number of anilines is 1. The first-order valence-electron chi connectivity index (χ1n) is 7.90. The molecule has 0 bridgehead atoms. The Kier molecular flexibility index (Phi) is 6.24. The van der Waals surface area contributed by atoms with Crippen LogP contribution in [0, 0.1) is 5.92 Å². The second kappa shape index (κ2) is 7.94. The van der Waals surface area contributed by atoms with Crippen LogP contribution in [0.2, 0.25) is 0 Å². The monoisotopic (exact) mass is 292 g/mol. The molecule has 112 valence electrons. The molecule has 0 radical (unpaired) electrons. The Morgan fingerprint density at radius 3 is 2.90 bits per heavy atom. The topological polar surface area (TPSA) is 15.3 Å². The van der Waals surface area contributed by atoms with Gasteiger partial charge in [0.2, 0.25) is 0 Å². The van der Waals surface area contributed by atoms with Crippen LogP contribution in [0.3, 0.4) is 0 Å². The van der Waals surface area contributed by atoms with Gasteiger partial charge in [-0.1, -0.05) is 45.4 Å². The number of hydrogen-bond acceptors (Lipinski definition) is 3. The molecule has 2 nitrogen and oxygen atoms in total. The Morgan fingerprint density at radius 2 is 2.15 bits per heavy atom. The zero-order valence-electron chi connectivity index (χ0n) is 13.1. The van der Waals surface area contributed by atoms with Crippen LogP contribution < -0.4 is 10.2 Å². The van der Waals surface area contributed by atoms with Crippen LogP contribution in [0.15, 0.2) is 24.3 Å². The number of thioether (sulfide) groups is 1. The van der Waals surface area contributed by atoms with Crippen LogP contribution in [-0.2, 0) is 6.54 Å². The molecule has 20 heavy (non-hydrogen) atoms. The van der Waals surface area contributed by atoms with Crippen molar-refractivity contribution in [3.05, 3.63) is 29.8 Å². The highest BCUT2D eigenvalue weighted by Gasteiger charge is 2.24. The van der Waals surface area contributed by atoms with Crippen molar-refractivity contribution in [3.63, 3.8) is 0 Å². The average molecular weight is 292 g/mol. The summed E-state index contributed by atoms with van der Waals surface area (Å²) < 4.78 is 0. The summed E-state index contributed by atoms with van der Waals surface area (Å²) in [6.45, 7) is 10.2. The molecule has 0 fully saturated rings. The zero-order valence-corrected chi connectivity index (χ0v) is 13.9. The quantitative estimate of drug-likeness (QED) is 0.804. The normalized spacial score (nSPS) is 20.4. The molecule has 1 aliphatic heterocycles. The molecule has 1 aromatic rings. The van der Waals surface area contributed by atoms with Gasteiger partial charge in [0.15, 0.2) is 0 Å². The van der Waals surface area contributed by atoms with E-state index in [0.717, 1.165) is 25.6 Å². The van der Waals surface area contributed by atoms with Gasteiger partial charge in [-0.05, 0) is 23.3 Å². The lowest BCUT2D eigenvalue weighted by Crippen LogP contribution is -2.43. The van der Waals surface area contributed by atoms with Gasteiger partial charge in [-0.15, -0.1) is 0 Å². The Hall–Kier alpha value is -0.670. The average Bonchev–Trinajstić information content (AvgIpc) is 2.67. The van der Waals surface area contributed by atoms with Crippen molar-refractivity contribution in [2.75, 3.05) is 29.5 Å². The van der Waals surface area contributed by atoms with Gasteiger partial charge in [0.1, 0.15) is 0 Å². The molecule has 1 heterocycles. The molecule has 0 saturated carbocycles. The van der Waals surface area contributed by atoms with Crippen LogP contribution in [0.25, 0.3) is 0 Å². The number of para-hydroxylation sites is 1. The molecule has 2 rings (SSSR count). The second-order valence-electron chi connectivity index (χ2n) is 5.64. The van der Waals surface area contributed by atoms with E-state index in [1.54, 1.807) is 0 Å². The lowest BCUT2D eigenvalue weighted by atomic mass is 9.99. The molecular formula is C17H28N2S. The van der Waals surface area contributed by atoms with E-state index in [4.69, 9.17) is 0 Å². The van der Waals surface area contributed by atoms with Crippen LogP contribution >= 0.6 is 11.8 Å². The third-order valence-corrected chi connectivity index (χ3v) is 5.22. The summed E-state index contributed by atoms with van der Waals surface area (Å²) in [5, 5.41) is 3.76. The van der Waals surface area contributed by atoms with Gasteiger partial charge < -0.3 is 10.2 Å². The number of fused-ring (bicyclic) bond motifs is 1. The minimum absolute atomic E-state index is 0.596. The fourth-order valence-electron chi connectivity index (χ4n) is 2.81. The number of nitrogens with zero attached hydrogens (tertiary/aromatic N) is 1. The lowest BCUT2D eigenvalue weighted by Gasteiger charge is -2.30. The van der Waals surface area contributed by atoms with Crippen molar-refractivity contribution >= 4 is 17.4 Å². The van der Waals surface area contributed by atoms with Crippen molar-refractivity contribution in [1.29, 1.82) is 0 Å². The third kappa shape index (κ3) is 3.92. The maximum Gasteiger partial charge on any atom is 0.0412 e. The third-order valence-electron chi connectivity index (χ3n) is 4.34. The molecule has 1 N–H and O–H groups in total. The van der Waals surface area contributed by atoms with E-state index in [9.17, 15) is 0 Å². The number of hydrogen-bond donors (Lipinski definition) is 1. The van der Waals surface area contributed by atoms with E-state index in [1.807, 2.05) is 11.8 Å². The molecule has 1 aliphatic rings. The van der Waals surface area contributed by atoms with Crippen molar-refractivity contribution in [3.8, 4) is 0 Å². The fraction of sp³-hybridized carbons (Fsp3) is 0.647. The first-order valence-corrected chi connectivity index (χ1v) is 9.05. The van der Waals surface area contributed by atoms with Gasteiger partial charge in [-0.3, -0.25) is 0 Å². The van der Waals surface area contributed by atoms with E-state index < -0.39 is 0 Å². The lowest BCUT2D eigenvalue weighted by molar-refractivity contribution is 0.372. The van der Waals surface area contributed by atoms with Gasteiger partial charge in [0, 0.05) is 37.1 Å². The molecule has 0 aromatic heterocycles. The summed E-state index contributed by atoms with van der Waals surface area (Å²) >= 11 is 2.04. The van der Waals surface area contributed by atoms with Gasteiger partial charge >= 0.3 is 0 Å². The molecule has 0 amide bonds. The highest BCUT2D eigenvalue weighted by Crippen LogP contribution is 2.25. The summed E-state index contributed by atoms with van der Waals surface area (Å²) in [5.74, 6) is 3.16. The molecule has 2 unspecified atom stereocenters. The van der Waals surface area contributed by atoms with E-state index in [-0.39, 0.29) is 0 Å². The van der Waals surface area contributed by atoms with Crippen molar-refractivity contribution in [2.45, 2.75) is 39.8 Å². The van der Waals surface area contributed by atoms with Crippen LogP contribution in [0.4, 0.5) is 5.69 Å². The van der Waals surface area contributed by atoms with Crippen LogP contribution in [-0.4, -0.2) is 30.6 Å². The van der Waals surface area contributed by atoms with Crippen molar-refractivity contribution in [1.82, 2.24) is 5.32 Å². The molecular weight excluding hydrogens is 264 g/mol. The number of rotatable bonds is 6. The molecule has 0 aliphatic carbocycles. The maximum atomic E-state index is 3.76. The summed E-state index contributed by atoms with van der Waals surface area (Å²) in [7, 11) is 0. The SMILES string of the molecule is CCSCCN1CC(C(C)CC)NCc2ccccc21. The van der Waals surface area contributed by atoms with E-state index in [2.05, 4.69) is 55.3 Å². The second-order valence-corrected chi connectivity index (χ2v) is 7.04. The summed E-state index contributed by atoms with van der Waals surface area (Å²) in [5.41, 5.74) is 2.88. The summed E-state index contributed by atoms with van der Waals surface area (Å²) in [6.07, 6.45) is 1.24. The van der Waals surface area contributed by atoms with Crippen LogP contribution in [0.1, 0.15) is 32.8 Å². The Balaban J connectivity index is 2.14. The fourth-order valence-corrected chi connectivity index (χ4v) is 3.44. The number of benzene rings is 1. The minimum atomic E-state index is 0.596. The molecule has 0 spiro atoms. The molecule has 1 aromatic carbocycles. The predicted molar refractivity (Wildman–Crippen MR) is 91.7 cm³/mol. The molecule has 2 atom stereocenters. The zero-order chi connectivity index (χ0) is 14.4. The Morgan fingerprint density at radius 1 is 1.35 bits per heavy atom. The van der Waals surface area contributed by atoms with Crippen molar-refractivity contribution < 1.29 is 0 Å². The molecule has 3 heteroatoms. The Bertz CT molecular complexity index is 408. The van der Waals surface area contributed by atoms with Gasteiger partial charge in [-0.2, -0.15) is 11.8 Å². The van der Waals surface area contributed by atoms with E-state index in [1.165, 1.54) is 29.2 Å². The maximum absolute atomic E-state index is 3.76. The first-order chi connectivity index (χ1) is 9.76. The van der Waals surface area contributed by atoms with Gasteiger partial charge in [-0.25, -0.2) is 0 Å². The van der Waals surface area contributed by atoms with E-state index in [0.29, 0.717) is 6.04 Å². The van der Waals surface area contributed by atoms with E-state index >= 15 is 0 Å². The van der Waals surface area contributed by atoms with Crippen molar-refractivity contribution in [2.24, 2.45) is 5.92 Å². The van der Waals surface area contributed by atoms with Gasteiger partial charge in [0.05, 0.1) is 0 Å².